The number of nitro benzene ring substituents is 1. The van der Waals surface area contributed by atoms with Gasteiger partial charge in [-0.15, -0.1) is 10.2 Å². The number of hydrogen-bond acceptors (Lipinski definition) is 7. The van der Waals surface area contributed by atoms with Crippen LogP contribution in [-0.2, 0) is 4.79 Å². The van der Waals surface area contributed by atoms with Crippen LogP contribution < -0.4 is 4.90 Å². The molecule has 0 saturated heterocycles. The number of carbonyl (C=O) groups excluding carboxylic acids is 1. The number of rotatable bonds is 6. The van der Waals surface area contributed by atoms with Gasteiger partial charge in [0, 0.05) is 33.2 Å². The van der Waals surface area contributed by atoms with Crippen LogP contribution in [0.4, 0.5) is 17.1 Å². The molecule has 0 unspecified atom stereocenters. The summed E-state index contributed by atoms with van der Waals surface area (Å²) in [6.45, 7) is 0. The Labute approximate surface area is 226 Å². The zero-order valence-corrected chi connectivity index (χ0v) is 21.4. The maximum atomic E-state index is 13.7. The van der Waals surface area contributed by atoms with Gasteiger partial charge in [0.1, 0.15) is 0 Å². The first-order valence-corrected chi connectivity index (χ1v) is 13.5. The first-order valence-electron chi connectivity index (χ1n) is 11.7. The molecule has 0 radical (unpaired) electrons. The van der Waals surface area contributed by atoms with E-state index in [0.29, 0.717) is 16.5 Å². The van der Waals surface area contributed by atoms with Gasteiger partial charge in [0.15, 0.2) is 11.0 Å². The average molecular weight is 538 g/mol. The first kappa shape index (κ1) is 24.0. The molecule has 0 fully saturated rings. The fourth-order valence-corrected chi connectivity index (χ4v) is 6.12. The molecule has 8 nitrogen and oxygen atoms in total. The van der Waals surface area contributed by atoms with Crippen LogP contribution >= 0.6 is 23.5 Å². The molecule has 1 aliphatic rings. The van der Waals surface area contributed by atoms with Crippen molar-refractivity contribution in [2.75, 3.05) is 10.7 Å². The van der Waals surface area contributed by atoms with E-state index in [2.05, 4.69) is 10.2 Å². The Morgan fingerprint density at radius 3 is 2.05 bits per heavy atom. The number of anilines is 2. The number of nitrogens with zero attached hydrogens (tertiary/aromatic N) is 5. The highest BCUT2D eigenvalue weighted by Crippen LogP contribution is 2.48. The second-order valence-corrected chi connectivity index (χ2v) is 10.4. The molecule has 0 saturated carbocycles. The van der Waals surface area contributed by atoms with E-state index in [-0.39, 0.29) is 17.3 Å². The van der Waals surface area contributed by atoms with Gasteiger partial charge in [0.2, 0.25) is 5.91 Å². The largest absolute Gasteiger partial charge is 0.278 e. The van der Waals surface area contributed by atoms with Crippen LogP contribution in [0.1, 0.15) is 0 Å². The summed E-state index contributed by atoms with van der Waals surface area (Å²) in [5.74, 6) is 0.597. The highest BCUT2D eigenvalue weighted by atomic mass is 32.2. The van der Waals surface area contributed by atoms with E-state index >= 15 is 0 Å². The quantitative estimate of drug-likeness (QED) is 0.134. The fourth-order valence-electron chi connectivity index (χ4n) is 4.26. The van der Waals surface area contributed by atoms with Crippen molar-refractivity contribution in [1.29, 1.82) is 0 Å². The van der Waals surface area contributed by atoms with E-state index in [9.17, 15) is 14.9 Å². The average Bonchev–Trinajstić information content (AvgIpc) is 3.39. The van der Waals surface area contributed by atoms with E-state index in [1.165, 1.54) is 23.9 Å². The molecule has 1 aliphatic heterocycles. The summed E-state index contributed by atoms with van der Waals surface area (Å²) >= 11 is 2.95. The van der Waals surface area contributed by atoms with Crippen molar-refractivity contribution in [3.05, 3.63) is 113 Å². The van der Waals surface area contributed by atoms with Gasteiger partial charge >= 0.3 is 0 Å². The molecule has 4 aromatic carbocycles. The standard InChI is InChI=1S/C28H19N5O3S2/c34-26(32-22-10-4-6-12-24(22)38-25-13-7-5-11-23(25)32)18-37-28-30-29-27(31(28)20-8-2-1-3-9-20)19-14-16-21(17-15-19)33(35)36/h1-17H,18H2. The zero-order chi connectivity index (χ0) is 26.1. The monoisotopic (exact) mass is 537 g/mol. The Balaban J connectivity index is 1.33. The predicted octanol–water partition coefficient (Wildman–Crippen LogP) is 6.76. The molecule has 1 aromatic heterocycles. The number of aromatic nitrogens is 3. The number of hydrogen-bond donors (Lipinski definition) is 0. The van der Waals surface area contributed by atoms with Crippen molar-refractivity contribution in [1.82, 2.24) is 14.8 Å². The Bertz CT molecular complexity index is 1610. The number of non-ortho nitro benzene ring substituents is 1. The fraction of sp³-hybridized carbons (Fsp3) is 0.0357. The summed E-state index contributed by atoms with van der Waals surface area (Å²) < 4.78 is 1.87. The lowest BCUT2D eigenvalue weighted by Crippen LogP contribution is -2.30. The predicted molar refractivity (Wildman–Crippen MR) is 148 cm³/mol. The van der Waals surface area contributed by atoms with Gasteiger partial charge in [-0.1, -0.05) is 66.0 Å². The Morgan fingerprint density at radius 2 is 1.42 bits per heavy atom. The molecule has 0 spiro atoms. The lowest BCUT2D eigenvalue weighted by molar-refractivity contribution is -0.384. The molecule has 6 rings (SSSR count). The van der Waals surface area contributed by atoms with Gasteiger partial charge in [-0.25, -0.2) is 0 Å². The van der Waals surface area contributed by atoms with E-state index in [0.717, 1.165) is 26.9 Å². The summed E-state index contributed by atoms with van der Waals surface area (Å²) in [7, 11) is 0. The summed E-state index contributed by atoms with van der Waals surface area (Å²) in [4.78, 5) is 28.2. The normalized spacial score (nSPS) is 12.1. The van der Waals surface area contributed by atoms with Crippen molar-refractivity contribution in [2.45, 2.75) is 14.9 Å². The van der Waals surface area contributed by atoms with Gasteiger partial charge in [0.05, 0.1) is 22.1 Å². The van der Waals surface area contributed by atoms with Crippen molar-refractivity contribution < 1.29 is 9.72 Å². The highest BCUT2D eigenvalue weighted by Gasteiger charge is 2.28. The Hall–Kier alpha value is -4.41. The number of para-hydroxylation sites is 3. The minimum atomic E-state index is -0.437. The molecule has 10 heteroatoms. The molecule has 0 aliphatic carbocycles. The number of carbonyl (C=O) groups is 1. The molecule has 186 valence electrons. The van der Waals surface area contributed by atoms with Crippen LogP contribution in [0, 0.1) is 10.1 Å². The van der Waals surface area contributed by atoms with E-state index in [1.54, 1.807) is 28.8 Å². The van der Waals surface area contributed by atoms with Crippen LogP contribution in [0.15, 0.2) is 118 Å². The van der Waals surface area contributed by atoms with Crippen LogP contribution in [-0.4, -0.2) is 31.3 Å². The molecule has 5 aromatic rings. The molecule has 38 heavy (non-hydrogen) atoms. The topological polar surface area (TPSA) is 94.2 Å². The summed E-state index contributed by atoms with van der Waals surface area (Å²) in [6.07, 6.45) is 0. The number of amides is 1. The summed E-state index contributed by atoms with van der Waals surface area (Å²) in [6, 6.07) is 31.6. The number of fused-ring (bicyclic) bond motifs is 2. The van der Waals surface area contributed by atoms with E-state index in [4.69, 9.17) is 0 Å². The van der Waals surface area contributed by atoms with Gasteiger partial charge < -0.3 is 0 Å². The lowest BCUT2D eigenvalue weighted by Gasteiger charge is -2.30. The minimum Gasteiger partial charge on any atom is -0.278 e. The SMILES string of the molecule is O=C(CSc1nnc(-c2ccc([N+](=O)[O-])cc2)n1-c1ccccc1)N1c2ccccc2Sc2ccccc21. The zero-order valence-electron chi connectivity index (χ0n) is 19.8. The Kier molecular flexibility index (Phi) is 6.40. The third-order valence-electron chi connectivity index (χ3n) is 5.99. The van der Waals surface area contributed by atoms with Gasteiger partial charge in [-0.2, -0.15) is 0 Å². The number of nitro groups is 1. The van der Waals surface area contributed by atoms with Crippen LogP contribution in [0.3, 0.4) is 0 Å². The molecule has 0 atom stereocenters. The smallest absolute Gasteiger partial charge is 0.269 e. The molecule has 1 amide bonds. The Morgan fingerprint density at radius 1 is 0.816 bits per heavy atom. The first-order chi connectivity index (χ1) is 18.6. The minimum absolute atomic E-state index is 0.0000195. The van der Waals surface area contributed by atoms with Crippen molar-refractivity contribution in [2.24, 2.45) is 0 Å². The van der Waals surface area contributed by atoms with E-state index < -0.39 is 4.92 Å². The molecule has 0 bridgehead atoms. The second-order valence-electron chi connectivity index (χ2n) is 8.34. The molecule has 2 heterocycles. The van der Waals surface area contributed by atoms with Gasteiger partial charge in [-0.3, -0.25) is 24.4 Å². The van der Waals surface area contributed by atoms with Crippen LogP contribution in [0.2, 0.25) is 0 Å². The maximum absolute atomic E-state index is 13.7. The van der Waals surface area contributed by atoms with Crippen LogP contribution in [0.25, 0.3) is 17.1 Å². The summed E-state index contributed by atoms with van der Waals surface area (Å²) in [5.41, 5.74) is 3.22. The van der Waals surface area contributed by atoms with Gasteiger partial charge in [0.25, 0.3) is 5.69 Å². The van der Waals surface area contributed by atoms with Gasteiger partial charge in [-0.05, 0) is 48.5 Å². The number of benzene rings is 4. The lowest BCUT2D eigenvalue weighted by atomic mass is 10.2. The maximum Gasteiger partial charge on any atom is 0.269 e. The molecular weight excluding hydrogens is 518 g/mol. The van der Waals surface area contributed by atoms with Crippen molar-refractivity contribution in [3.8, 4) is 17.1 Å². The van der Waals surface area contributed by atoms with Crippen molar-refractivity contribution >= 4 is 46.5 Å². The number of thioether (sulfide) groups is 1. The third-order valence-corrected chi connectivity index (χ3v) is 8.03. The molecular formula is C28H19N5O3S2. The third kappa shape index (κ3) is 4.44. The van der Waals surface area contributed by atoms with E-state index in [1.807, 2.05) is 83.4 Å². The van der Waals surface area contributed by atoms with Crippen LogP contribution in [0.5, 0.6) is 0 Å². The van der Waals surface area contributed by atoms with Crippen molar-refractivity contribution in [3.63, 3.8) is 0 Å². The highest BCUT2D eigenvalue weighted by molar-refractivity contribution is 8.00. The summed E-state index contributed by atoms with van der Waals surface area (Å²) in [5, 5.41) is 20.4. The molecule has 0 N–H and O–H groups in total. The second kappa shape index (κ2) is 10.2.